The molecule has 0 bridgehead atoms. The second kappa shape index (κ2) is 10.0. The van der Waals surface area contributed by atoms with E-state index in [1.165, 1.54) is 0 Å². The van der Waals surface area contributed by atoms with E-state index in [0.717, 1.165) is 47.5 Å². The summed E-state index contributed by atoms with van der Waals surface area (Å²) in [4.78, 5) is 0. The molecule has 0 radical (unpaired) electrons. The van der Waals surface area contributed by atoms with Gasteiger partial charge in [-0.15, -0.1) is 0 Å². The molecule has 0 atom stereocenters. The number of halogens is 1. The summed E-state index contributed by atoms with van der Waals surface area (Å²) in [6.07, 6.45) is 1.91. The molecular formula is C16H26BrNO3. The minimum absolute atomic E-state index is 0.1000. The quantitative estimate of drug-likeness (QED) is 0.627. The van der Waals surface area contributed by atoms with E-state index < -0.39 is 0 Å². The van der Waals surface area contributed by atoms with Gasteiger partial charge >= 0.3 is 0 Å². The Labute approximate surface area is 136 Å². The monoisotopic (exact) mass is 359 g/mol. The average Bonchev–Trinajstić information content (AvgIpc) is 2.42. The number of ether oxygens (including phenoxy) is 2. The van der Waals surface area contributed by atoms with Gasteiger partial charge in [0.25, 0.3) is 0 Å². The van der Waals surface area contributed by atoms with Crippen LogP contribution in [0.3, 0.4) is 0 Å². The van der Waals surface area contributed by atoms with Crippen molar-refractivity contribution in [2.45, 2.75) is 46.3 Å². The molecule has 0 aromatic heterocycles. The van der Waals surface area contributed by atoms with Crippen LogP contribution in [-0.4, -0.2) is 31.0 Å². The third kappa shape index (κ3) is 6.68. The lowest BCUT2D eigenvalue weighted by atomic mass is 10.2. The highest BCUT2D eigenvalue weighted by Gasteiger charge is 2.13. The van der Waals surface area contributed by atoms with Gasteiger partial charge in [-0.05, 0) is 73.8 Å². The Kier molecular flexibility index (Phi) is 8.73. The summed E-state index contributed by atoms with van der Waals surface area (Å²) in [5, 5.41) is 12.1. The van der Waals surface area contributed by atoms with Crippen molar-refractivity contribution in [3.05, 3.63) is 22.2 Å². The van der Waals surface area contributed by atoms with Gasteiger partial charge < -0.3 is 19.9 Å². The Hall–Kier alpha value is -0.780. The third-order valence-corrected chi connectivity index (χ3v) is 3.40. The highest BCUT2D eigenvalue weighted by molar-refractivity contribution is 9.10. The largest absolute Gasteiger partial charge is 0.490 e. The summed E-state index contributed by atoms with van der Waals surface area (Å²) in [5.74, 6) is 1.53. The smallest absolute Gasteiger partial charge is 0.175 e. The summed E-state index contributed by atoms with van der Waals surface area (Å²) in [5.41, 5.74) is 1.14. The van der Waals surface area contributed by atoms with Gasteiger partial charge in [0.1, 0.15) is 0 Å². The van der Waals surface area contributed by atoms with Crippen LogP contribution in [0.2, 0.25) is 0 Å². The Bertz CT molecular complexity index is 424. The van der Waals surface area contributed by atoms with Crippen molar-refractivity contribution in [2.75, 3.05) is 19.8 Å². The molecule has 0 heterocycles. The van der Waals surface area contributed by atoms with E-state index in [-0.39, 0.29) is 12.7 Å². The number of hydrogen-bond donors (Lipinski definition) is 2. The normalized spacial score (nSPS) is 11.0. The lowest BCUT2D eigenvalue weighted by Gasteiger charge is -2.17. The first-order chi connectivity index (χ1) is 10.1. The number of hydrogen-bond acceptors (Lipinski definition) is 4. The van der Waals surface area contributed by atoms with Crippen LogP contribution in [-0.2, 0) is 6.54 Å². The average molecular weight is 360 g/mol. The molecule has 120 valence electrons. The van der Waals surface area contributed by atoms with E-state index in [4.69, 9.17) is 14.6 Å². The van der Waals surface area contributed by atoms with Crippen LogP contribution >= 0.6 is 15.9 Å². The van der Waals surface area contributed by atoms with Gasteiger partial charge in [0.15, 0.2) is 11.5 Å². The lowest BCUT2D eigenvalue weighted by molar-refractivity contribution is 0.222. The second-order valence-electron chi connectivity index (χ2n) is 5.11. The van der Waals surface area contributed by atoms with Gasteiger partial charge in [-0.3, -0.25) is 0 Å². The molecule has 1 aromatic carbocycles. The molecular weight excluding hydrogens is 334 g/mol. The minimum atomic E-state index is 0.1000. The van der Waals surface area contributed by atoms with Gasteiger partial charge in [0.2, 0.25) is 0 Å². The maximum Gasteiger partial charge on any atom is 0.175 e. The highest BCUT2D eigenvalue weighted by atomic mass is 79.9. The van der Waals surface area contributed by atoms with Crippen molar-refractivity contribution in [3.8, 4) is 11.5 Å². The van der Waals surface area contributed by atoms with Crippen molar-refractivity contribution >= 4 is 15.9 Å². The van der Waals surface area contributed by atoms with E-state index in [2.05, 4.69) is 27.3 Å². The molecule has 0 unspecified atom stereocenters. The van der Waals surface area contributed by atoms with Gasteiger partial charge in [0, 0.05) is 13.2 Å². The standard InChI is InChI=1S/C16H26BrNO3/c1-4-20-15-10-13(11-18-7-5-6-8-19)9-14(17)16(15)21-12(2)3/h9-10,12,18-19H,4-8,11H2,1-3H3. The summed E-state index contributed by atoms with van der Waals surface area (Å²) < 4.78 is 12.4. The molecule has 0 amide bonds. The minimum Gasteiger partial charge on any atom is -0.490 e. The predicted molar refractivity (Wildman–Crippen MR) is 89.1 cm³/mol. The molecule has 0 fully saturated rings. The number of aliphatic hydroxyl groups excluding tert-OH is 1. The van der Waals surface area contributed by atoms with Gasteiger partial charge in [-0.1, -0.05) is 0 Å². The molecule has 1 aromatic rings. The molecule has 0 aliphatic rings. The van der Waals surface area contributed by atoms with E-state index in [1.807, 2.05) is 26.8 Å². The first kappa shape index (κ1) is 18.3. The van der Waals surface area contributed by atoms with Crippen LogP contribution in [0, 0.1) is 0 Å². The summed E-state index contributed by atoms with van der Waals surface area (Å²) >= 11 is 3.56. The van der Waals surface area contributed by atoms with E-state index in [1.54, 1.807) is 0 Å². The zero-order valence-corrected chi connectivity index (χ0v) is 14.7. The molecule has 4 nitrogen and oxygen atoms in total. The summed E-state index contributed by atoms with van der Waals surface area (Å²) in [6, 6.07) is 4.07. The van der Waals surface area contributed by atoms with Gasteiger partial charge in [-0.25, -0.2) is 0 Å². The Balaban J connectivity index is 2.73. The van der Waals surface area contributed by atoms with Crippen molar-refractivity contribution in [3.63, 3.8) is 0 Å². The Morgan fingerprint density at radius 3 is 2.67 bits per heavy atom. The molecule has 21 heavy (non-hydrogen) atoms. The highest BCUT2D eigenvalue weighted by Crippen LogP contribution is 2.37. The molecule has 1 rings (SSSR count). The van der Waals surface area contributed by atoms with E-state index in [9.17, 15) is 0 Å². The molecule has 0 saturated carbocycles. The number of benzene rings is 1. The van der Waals surface area contributed by atoms with Crippen molar-refractivity contribution < 1.29 is 14.6 Å². The summed E-state index contributed by atoms with van der Waals surface area (Å²) in [6.45, 7) is 8.49. The topological polar surface area (TPSA) is 50.7 Å². The number of nitrogens with one attached hydrogen (secondary N) is 1. The fourth-order valence-corrected chi connectivity index (χ4v) is 2.51. The van der Waals surface area contributed by atoms with Crippen LogP contribution < -0.4 is 14.8 Å². The first-order valence-corrected chi connectivity index (χ1v) is 8.31. The first-order valence-electron chi connectivity index (χ1n) is 7.52. The lowest BCUT2D eigenvalue weighted by Crippen LogP contribution is -2.15. The van der Waals surface area contributed by atoms with E-state index in [0.29, 0.717) is 6.61 Å². The van der Waals surface area contributed by atoms with Crippen LogP contribution in [0.5, 0.6) is 11.5 Å². The molecule has 0 spiro atoms. The van der Waals surface area contributed by atoms with Gasteiger partial charge in [-0.2, -0.15) is 0 Å². The van der Waals surface area contributed by atoms with Crippen molar-refractivity contribution in [1.29, 1.82) is 0 Å². The fourth-order valence-electron chi connectivity index (χ4n) is 1.93. The zero-order valence-electron chi connectivity index (χ0n) is 13.1. The second-order valence-corrected chi connectivity index (χ2v) is 5.97. The maximum absolute atomic E-state index is 8.75. The number of aliphatic hydroxyl groups is 1. The van der Waals surface area contributed by atoms with Crippen LogP contribution in [0.15, 0.2) is 16.6 Å². The number of rotatable bonds is 10. The molecule has 5 heteroatoms. The molecule has 0 saturated heterocycles. The van der Waals surface area contributed by atoms with Crippen LogP contribution in [0.25, 0.3) is 0 Å². The molecule has 0 aliphatic carbocycles. The Morgan fingerprint density at radius 1 is 1.29 bits per heavy atom. The van der Waals surface area contributed by atoms with E-state index >= 15 is 0 Å². The summed E-state index contributed by atoms with van der Waals surface area (Å²) in [7, 11) is 0. The van der Waals surface area contributed by atoms with Crippen LogP contribution in [0.1, 0.15) is 39.2 Å². The van der Waals surface area contributed by atoms with Gasteiger partial charge in [0.05, 0.1) is 17.2 Å². The van der Waals surface area contributed by atoms with Crippen LogP contribution in [0.4, 0.5) is 0 Å². The predicted octanol–water partition coefficient (Wildman–Crippen LogP) is 3.50. The Morgan fingerprint density at radius 2 is 2.05 bits per heavy atom. The SMILES string of the molecule is CCOc1cc(CNCCCCO)cc(Br)c1OC(C)C. The maximum atomic E-state index is 8.75. The molecule has 0 aliphatic heterocycles. The third-order valence-electron chi connectivity index (χ3n) is 2.81. The molecule has 2 N–H and O–H groups in total. The van der Waals surface area contributed by atoms with Crippen molar-refractivity contribution in [1.82, 2.24) is 5.32 Å². The van der Waals surface area contributed by atoms with Crippen molar-refractivity contribution in [2.24, 2.45) is 0 Å². The fraction of sp³-hybridized carbons (Fsp3) is 0.625. The zero-order chi connectivity index (χ0) is 15.7. The number of unbranched alkanes of at least 4 members (excludes halogenated alkanes) is 1.